The Morgan fingerprint density at radius 2 is 2.22 bits per heavy atom. The lowest BCUT2D eigenvalue weighted by Gasteiger charge is -2.54. The van der Waals surface area contributed by atoms with E-state index in [1.165, 1.54) is 6.42 Å². The molecule has 1 aliphatic carbocycles. The van der Waals surface area contributed by atoms with Gasteiger partial charge in [0.25, 0.3) is 0 Å². The molecule has 1 aliphatic heterocycles. The largest absolute Gasteiger partial charge is 0.311 e. The number of hydrogen-bond donors (Lipinski definition) is 1. The molecule has 1 N–H and O–H groups in total. The summed E-state index contributed by atoms with van der Waals surface area (Å²) in [4.78, 5) is 0. The summed E-state index contributed by atoms with van der Waals surface area (Å²) in [5.41, 5.74) is 0.427. The van der Waals surface area contributed by atoms with Crippen LogP contribution in [0.3, 0.4) is 0 Å². The van der Waals surface area contributed by atoms with Gasteiger partial charge in [-0.2, -0.15) is 0 Å². The van der Waals surface area contributed by atoms with Crippen molar-refractivity contribution in [3.05, 3.63) is 0 Å². The van der Waals surface area contributed by atoms with Crippen molar-refractivity contribution in [2.45, 2.75) is 24.8 Å². The van der Waals surface area contributed by atoms with E-state index in [4.69, 9.17) is 0 Å². The molecule has 1 saturated heterocycles. The smallest absolute Gasteiger partial charge is 0.0923 e. The van der Waals surface area contributed by atoms with Crippen molar-refractivity contribution in [3.8, 4) is 0 Å². The molecule has 1 heterocycles. The second-order valence-electron chi connectivity index (χ2n) is 3.39. The van der Waals surface area contributed by atoms with Gasteiger partial charge in [-0.15, -0.1) is 0 Å². The van der Waals surface area contributed by atoms with Crippen LogP contribution in [0, 0.1) is 5.92 Å². The molecule has 0 aromatic heterocycles. The van der Waals surface area contributed by atoms with Gasteiger partial charge in [0, 0.05) is 5.54 Å². The second kappa shape index (κ2) is 1.69. The third kappa shape index (κ3) is 0.692. The van der Waals surface area contributed by atoms with Crippen molar-refractivity contribution in [1.29, 1.82) is 0 Å². The minimum atomic E-state index is -0.108. The zero-order valence-electron chi connectivity index (χ0n) is 5.49. The number of hydrogen-bond acceptors (Lipinski definition) is 1. The normalized spacial score (nSPS) is 48.3. The van der Waals surface area contributed by atoms with E-state index >= 15 is 0 Å². The van der Waals surface area contributed by atoms with Crippen LogP contribution in [0.25, 0.3) is 0 Å². The Hall–Kier alpha value is -0.110. The molecule has 0 radical (unpaired) electrons. The molecule has 2 fully saturated rings. The first-order valence-corrected chi connectivity index (χ1v) is 3.66. The van der Waals surface area contributed by atoms with E-state index in [2.05, 4.69) is 5.32 Å². The van der Waals surface area contributed by atoms with Crippen molar-refractivity contribution < 1.29 is 4.39 Å². The molecule has 1 nitrogen and oxygen atoms in total. The minimum absolute atomic E-state index is 0.108. The maximum absolute atomic E-state index is 11.9. The predicted molar refractivity (Wildman–Crippen MR) is 34.0 cm³/mol. The fourth-order valence-corrected chi connectivity index (χ4v) is 1.98. The molecule has 2 aliphatic rings. The lowest BCUT2D eigenvalue weighted by molar-refractivity contribution is 0.0268. The average Bonchev–Trinajstić information content (AvgIpc) is 1.59. The van der Waals surface area contributed by atoms with Crippen LogP contribution in [-0.4, -0.2) is 18.8 Å². The fourth-order valence-electron chi connectivity index (χ4n) is 1.98. The second-order valence-corrected chi connectivity index (χ2v) is 3.39. The van der Waals surface area contributed by atoms with Gasteiger partial charge >= 0.3 is 0 Å². The summed E-state index contributed by atoms with van der Waals surface area (Å²) in [6.07, 6.45) is 3.45. The first kappa shape index (κ1) is 5.66. The minimum Gasteiger partial charge on any atom is -0.311 e. The van der Waals surface area contributed by atoms with Crippen molar-refractivity contribution >= 4 is 0 Å². The summed E-state index contributed by atoms with van der Waals surface area (Å²) in [6.45, 7) is 1.04. The first-order chi connectivity index (χ1) is 4.35. The standard InChI is InChI=1S/C7H12FN/c8-5-6-3-7(4-6)1-2-9-7/h6,9H,1-5H2. The highest BCUT2D eigenvalue weighted by Gasteiger charge is 2.47. The molecular weight excluding hydrogens is 117 g/mol. The summed E-state index contributed by atoms with van der Waals surface area (Å²) < 4.78 is 11.9. The quantitative estimate of drug-likeness (QED) is 0.559. The maximum Gasteiger partial charge on any atom is 0.0923 e. The highest BCUT2D eigenvalue weighted by molar-refractivity contribution is 5.06. The summed E-state index contributed by atoms with van der Waals surface area (Å²) in [5, 5.41) is 3.36. The Kier molecular flexibility index (Phi) is 1.06. The van der Waals surface area contributed by atoms with E-state index in [1.54, 1.807) is 0 Å². The zero-order chi connectivity index (χ0) is 6.32. The number of nitrogens with one attached hydrogen (secondary N) is 1. The van der Waals surface area contributed by atoms with Gasteiger partial charge in [-0.05, 0) is 31.7 Å². The third-order valence-corrected chi connectivity index (χ3v) is 2.68. The van der Waals surface area contributed by atoms with E-state index in [0.717, 1.165) is 19.4 Å². The van der Waals surface area contributed by atoms with Gasteiger partial charge in [0.05, 0.1) is 6.67 Å². The molecule has 1 saturated carbocycles. The van der Waals surface area contributed by atoms with Gasteiger partial charge in [0.1, 0.15) is 0 Å². The molecule has 0 aromatic rings. The molecular formula is C7H12FN. The van der Waals surface area contributed by atoms with Gasteiger partial charge in [0.15, 0.2) is 0 Å². The highest BCUT2D eigenvalue weighted by atomic mass is 19.1. The van der Waals surface area contributed by atoms with Crippen LogP contribution in [0.1, 0.15) is 19.3 Å². The van der Waals surface area contributed by atoms with E-state index < -0.39 is 0 Å². The molecule has 0 amide bonds. The van der Waals surface area contributed by atoms with E-state index in [-0.39, 0.29) is 6.67 Å². The Morgan fingerprint density at radius 3 is 2.56 bits per heavy atom. The summed E-state index contributed by atoms with van der Waals surface area (Å²) >= 11 is 0. The van der Waals surface area contributed by atoms with Crippen LogP contribution in [0.5, 0.6) is 0 Å². The topological polar surface area (TPSA) is 12.0 Å². The summed E-state index contributed by atoms with van der Waals surface area (Å²) in [5.74, 6) is 0.387. The van der Waals surface area contributed by atoms with Crippen molar-refractivity contribution in [2.24, 2.45) is 5.92 Å². The van der Waals surface area contributed by atoms with Gasteiger partial charge in [-0.25, -0.2) is 0 Å². The Bertz CT molecular complexity index is 112. The fraction of sp³-hybridized carbons (Fsp3) is 1.00. The maximum atomic E-state index is 11.9. The van der Waals surface area contributed by atoms with Crippen LogP contribution in [0.15, 0.2) is 0 Å². The van der Waals surface area contributed by atoms with Crippen LogP contribution in [0.2, 0.25) is 0 Å². The zero-order valence-corrected chi connectivity index (χ0v) is 5.49. The monoisotopic (exact) mass is 129 g/mol. The molecule has 52 valence electrons. The van der Waals surface area contributed by atoms with E-state index in [9.17, 15) is 4.39 Å². The van der Waals surface area contributed by atoms with Gasteiger partial charge in [0.2, 0.25) is 0 Å². The summed E-state index contributed by atoms with van der Waals surface area (Å²) in [7, 11) is 0. The number of halogens is 1. The third-order valence-electron chi connectivity index (χ3n) is 2.68. The number of rotatable bonds is 1. The lowest BCUT2D eigenvalue weighted by atomic mass is 9.63. The average molecular weight is 129 g/mol. The molecule has 2 rings (SSSR count). The van der Waals surface area contributed by atoms with Crippen LogP contribution < -0.4 is 5.32 Å². The molecule has 0 aromatic carbocycles. The SMILES string of the molecule is FCC1CC2(CCN2)C1. The highest BCUT2D eigenvalue weighted by Crippen LogP contribution is 2.44. The van der Waals surface area contributed by atoms with Crippen molar-refractivity contribution in [2.75, 3.05) is 13.2 Å². The van der Waals surface area contributed by atoms with Gasteiger partial charge < -0.3 is 5.32 Å². The van der Waals surface area contributed by atoms with Crippen LogP contribution in [0.4, 0.5) is 4.39 Å². The van der Waals surface area contributed by atoms with Crippen molar-refractivity contribution in [3.63, 3.8) is 0 Å². The Labute approximate surface area is 54.6 Å². The molecule has 0 atom stereocenters. The predicted octanol–water partition coefficient (Wildman–Crippen LogP) is 1.10. The van der Waals surface area contributed by atoms with E-state index in [1.807, 2.05) is 0 Å². The van der Waals surface area contributed by atoms with Crippen molar-refractivity contribution in [1.82, 2.24) is 5.32 Å². The van der Waals surface area contributed by atoms with Gasteiger partial charge in [-0.1, -0.05) is 0 Å². The molecule has 0 bridgehead atoms. The molecule has 9 heavy (non-hydrogen) atoms. The summed E-state index contributed by atoms with van der Waals surface area (Å²) in [6, 6.07) is 0. The Morgan fingerprint density at radius 1 is 1.56 bits per heavy atom. The van der Waals surface area contributed by atoms with Crippen LogP contribution in [-0.2, 0) is 0 Å². The lowest BCUT2D eigenvalue weighted by Crippen LogP contribution is -2.64. The Balaban J connectivity index is 1.82. The molecule has 0 unspecified atom stereocenters. The first-order valence-electron chi connectivity index (χ1n) is 3.66. The molecule has 1 spiro atoms. The molecule has 2 heteroatoms. The van der Waals surface area contributed by atoms with Crippen LogP contribution >= 0.6 is 0 Å². The van der Waals surface area contributed by atoms with E-state index in [0.29, 0.717) is 11.5 Å². The number of alkyl halides is 1. The van der Waals surface area contributed by atoms with Gasteiger partial charge in [-0.3, -0.25) is 4.39 Å².